The van der Waals surface area contributed by atoms with E-state index in [1.807, 2.05) is 6.92 Å². The third-order valence-electron chi connectivity index (χ3n) is 2.90. The molecule has 0 unspecified atom stereocenters. The molecule has 0 aromatic carbocycles. The summed E-state index contributed by atoms with van der Waals surface area (Å²) in [5.41, 5.74) is 1.15. The maximum absolute atomic E-state index is 11.9. The Morgan fingerprint density at radius 3 is 2.48 bits per heavy atom. The third-order valence-corrected chi connectivity index (χ3v) is 4.03. The zero-order chi connectivity index (χ0) is 16.0. The number of carbonyl (C=O) groups is 3. The Kier molecular flexibility index (Phi) is 6.36. The maximum Gasteiger partial charge on any atom is 0.341 e. The summed E-state index contributed by atoms with van der Waals surface area (Å²) in [7, 11) is 0. The first-order valence-electron chi connectivity index (χ1n) is 6.63. The van der Waals surface area contributed by atoms with Crippen molar-refractivity contribution in [2.24, 2.45) is 0 Å². The van der Waals surface area contributed by atoms with Crippen molar-refractivity contribution >= 4 is 34.2 Å². The Hall–Kier alpha value is -1.89. The molecule has 21 heavy (non-hydrogen) atoms. The van der Waals surface area contributed by atoms with Crippen molar-refractivity contribution in [1.82, 2.24) is 0 Å². The first-order valence-corrected chi connectivity index (χ1v) is 7.45. The molecule has 7 heteroatoms. The van der Waals surface area contributed by atoms with Crippen molar-refractivity contribution < 1.29 is 24.2 Å². The number of thiophene rings is 1. The number of carboxylic acid groups (broad SMARTS) is 1. The van der Waals surface area contributed by atoms with Crippen LogP contribution in [0.4, 0.5) is 5.00 Å². The second kappa shape index (κ2) is 7.78. The van der Waals surface area contributed by atoms with Gasteiger partial charge in [0.1, 0.15) is 5.00 Å². The zero-order valence-corrected chi connectivity index (χ0v) is 13.1. The molecular formula is C14H18NO5S-. The lowest BCUT2D eigenvalue weighted by Crippen LogP contribution is -2.22. The van der Waals surface area contributed by atoms with Gasteiger partial charge in [0.15, 0.2) is 0 Å². The fraction of sp³-hybridized carbons (Fsp3) is 0.500. The Morgan fingerprint density at radius 1 is 1.24 bits per heavy atom. The minimum absolute atomic E-state index is 0.0617. The van der Waals surface area contributed by atoms with Crippen LogP contribution in [0, 0.1) is 13.8 Å². The van der Waals surface area contributed by atoms with Gasteiger partial charge >= 0.3 is 5.97 Å². The fourth-order valence-electron chi connectivity index (χ4n) is 1.75. The van der Waals surface area contributed by atoms with Crippen LogP contribution in [0.25, 0.3) is 0 Å². The van der Waals surface area contributed by atoms with E-state index >= 15 is 0 Å². The fourth-order valence-corrected chi connectivity index (χ4v) is 2.81. The Morgan fingerprint density at radius 2 is 1.90 bits per heavy atom. The van der Waals surface area contributed by atoms with Gasteiger partial charge in [0.25, 0.3) is 0 Å². The normalized spacial score (nSPS) is 10.2. The molecule has 1 aromatic rings. The van der Waals surface area contributed by atoms with E-state index in [2.05, 4.69) is 5.32 Å². The summed E-state index contributed by atoms with van der Waals surface area (Å²) in [5, 5.41) is 13.4. The number of ether oxygens (including phenoxy) is 1. The van der Waals surface area contributed by atoms with E-state index in [0.717, 1.165) is 10.4 Å². The lowest BCUT2D eigenvalue weighted by atomic mass is 10.1. The number of aliphatic carboxylic acids is 1. The van der Waals surface area contributed by atoms with Gasteiger partial charge in [-0.2, -0.15) is 0 Å². The molecule has 0 radical (unpaired) electrons. The number of esters is 1. The molecule has 0 saturated heterocycles. The van der Waals surface area contributed by atoms with E-state index < -0.39 is 11.9 Å². The number of carboxylic acids is 1. The van der Waals surface area contributed by atoms with Crippen molar-refractivity contribution in [3.8, 4) is 0 Å². The molecular weight excluding hydrogens is 294 g/mol. The van der Waals surface area contributed by atoms with Crippen LogP contribution in [0.3, 0.4) is 0 Å². The topological polar surface area (TPSA) is 95.5 Å². The first-order chi connectivity index (χ1) is 9.86. The van der Waals surface area contributed by atoms with Crippen LogP contribution in [0.1, 0.15) is 47.0 Å². The number of carbonyl (C=O) groups excluding carboxylic acids is 3. The van der Waals surface area contributed by atoms with Gasteiger partial charge in [0, 0.05) is 17.3 Å². The molecule has 0 spiro atoms. The maximum atomic E-state index is 11.9. The average Bonchev–Trinajstić information content (AvgIpc) is 2.64. The van der Waals surface area contributed by atoms with Crippen LogP contribution >= 0.6 is 11.3 Å². The minimum Gasteiger partial charge on any atom is -0.550 e. The van der Waals surface area contributed by atoms with Crippen LogP contribution in [0.2, 0.25) is 0 Å². The lowest BCUT2D eigenvalue weighted by Gasteiger charge is -2.07. The van der Waals surface area contributed by atoms with E-state index in [9.17, 15) is 19.5 Å². The van der Waals surface area contributed by atoms with Crippen molar-refractivity contribution in [3.05, 3.63) is 16.0 Å². The first kappa shape index (κ1) is 17.2. The second-order valence-electron chi connectivity index (χ2n) is 4.48. The number of aryl methyl sites for hydroxylation is 1. The number of hydrogen-bond acceptors (Lipinski definition) is 6. The molecule has 0 atom stereocenters. The molecule has 6 nitrogen and oxygen atoms in total. The molecule has 0 aliphatic heterocycles. The number of anilines is 1. The molecule has 1 N–H and O–H groups in total. The number of amides is 1. The number of rotatable bonds is 7. The standard InChI is InChI=1S/C14H19NO5S/c1-4-20-14(19)12-8(2)9(3)21-13(12)15-10(16)6-5-7-11(17)18/h4-7H2,1-3H3,(H,15,16)(H,17,18)/p-1. The lowest BCUT2D eigenvalue weighted by molar-refractivity contribution is -0.305. The van der Waals surface area contributed by atoms with Crippen molar-refractivity contribution in [3.63, 3.8) is 0 Å². The Balaban J connectivity index is 2.78. The third kappa shape index (κ3) is 4.86. The smallest absolute Gasteiger partial charge is 0.341 e. The molecule has 0 saturated carbocycles. The minimum atomic E-state index is -1.18. The molecule has 0 bridgehead atoms. The number of hydrogen-bond donors (Lipinski definition) is 1. The zero-order valence-electron chi connectivity index (χ0n) is 12.3. The van der Waals surface area contributed by atoms with E-state index in [0.29, 0.717) is 10.6 Å². The van der Waals surface area contributed by atoms with E-state index in [4.69, 9.17) is 4.74 Å². The van der Waals surface area contributed by atoms with Gasteiger partial charge in [0.2, 0.25) is 5.91 Å². The highest BCUT2D eigenvalue weighted by atomic mass is 32.1. The van der Waals surface area contributed by atoms with E-state index in [1.165, 1.54) is 11.3 Å². The van der Waals surface area contributed by atoms with Crippen LogP contribution in [-0.2, 0) is 14.3 Å². The van der Waals surface area contributed by atoms with Gasteiger partial charge < -0.3 is 20.0 Å². The summed E-state index contributed by atoms with van der Waals surface area (Å²) < 4.78 is 4.99. The van der Waals surface area contributed by atoms with Crippen LogP contribution in [0.15, 0.2) is 0 Å². The van der Waals surface area contributed by atoms with Gasteiger partial charge in [-0.1, -0.05) is 0 Å². The monoisotopic (exact) mass is 312 g/mol. The summed E-state index contributed by atoms with van der Waals surface area (Å²) in [6.07, 6.45) is 0.0964. The van der Waals surface area contributed by atoms with Gasteiger partial charge in [-0.05, 0) is 39.2 Å². The highest BCUT2D eigenvalue weighted by molar-refractivity contribution is 7.16. The summed E-state index contributed by atoms with van der Waals surface area (Å²) >= 11 is 1.30. The van der Waals surface area contributed by atoms with Crippen molar-refractivity contribution in [2.75, 3.05) is 11.9 Å². The molecule has 1 amide bonds. The second-order valence-corrected chi connectivity index (χ2v) is 5.71. The van der Waals surface area contributed by atoms with Gasteiger partial charge in [-0.3, -0.25) is 4.79 Å². The summed E-state index contributed by atoms with van der Waals surface area (Å²) in [4.78, 5) is 34.9. The Labute approximate surface area is 127 Å². The Bertz CT molecular complexity index is 550. The molecule has 0 aliphatic rings. The summed E-state index contributed by atoms with van der Waals surface area (Å²) in [6.45, 7) is 5.62. The highest BCUT2D eigenvalue weighted by Gasteiger charge is 2.21. The molecule has 116 valence electrons. The predicted octanol–water partition coefficient (Wildman–Crippen LogP) is 1.40. The molecule has 1 heterocycles. The highest BCUT2D eigenvalue weighted by Crippen LogP contribution is 2.33. The summed E-state index contributed by atoms with van der Waals surface area (Å²) in [6, 6.07) is 0. The predicted molar refractivity (Wildman–Crippen MR) is 77.2 cm³/mol. The van der Waals surface area contributed by atoms with Gasteiger partial charge in [-0.25, -0.2) is 4.79 Å². The molecule has 0 aliphatic carbocycles. The van der Waals surface area contributed by atoms with E-state index in [1.54, 1.807) is 13.8 Å². The summed E-state index contributed by atoms with van der Waals surface area (Å²) in [5.74, 6) is -1.98. The molecule has 1 aromatic heterocycles. The van der Waals surface area contributed by atoms with Crippen LogP contribution in [0.5, 0.6) is 0 Å². The quantitative estimate of drug-likeness (QED) is 0.768. The van der Waals surface area contributed by atoms with Crippen LogP contribution in [-0.4, -0.2) is 24.5 Å². The SMILES string of the molecule is CCOC(=O)c1c(NC(=O)CCCC(=O)[O-])sc(C)c1C. The van der Waals surface area contributed by atoms with E-state index in [-0.39, 0.29) is 31.8 Å². The number of nitrogens with one attached hydrogen (secondary N) is 1. The molecule has 0 fully saturated rings. The van der Waals surface area contributed by atoms with Crippen LogP contribution < -0.4 is 10.4 Å². The van der Waals surface area contributed by atoms with Crippen molar-refractivity contribution in [1.29, 1.82) is 0 Å². The van der Waals surface area contributed by atoms with Crippen molar-refractivity contribution in [2.45, 2.75) is 40.0 Å². The average molecular weight is 312 g/mol. The van der Waals surface area contributed by atoms with Gasteiger partial charge in [-0.15, -0.1) is 11.3 Å². The molecule has 1 rings (SSSR count). The van der Waals surface area contributed by atoms with Gasteiger partial charge in [0.05, 0.1) is 12.2 Å². The largest absolute Gasteiger partial charge is 0.550 e.